The van der Waals surface area contributed by atoms with Crippen LogP contribution in [0.25, 0.3) is 0 Å². The predicted molar refractivity (Wildman–Crippen MR) is 56.9 cm³/mol. The summed E-state index contributed by atoms with van der Waals surface area (Å²) in [4.78, 5) is 22.9. The first-order chi connectivity index (χ1) is 7.07. The number of amides is 1. The number of rotatable bonds is 2. The third-order valence-corrected chi connectivity index (χ3v) is 2.22. The minimum atomic E-state index is -1.44. The number of likely N-dealkylation sites (N-methyl/N-ethyl adjacent to an activating group) is 1. The molecule has 1 rings (SSSR count). The highest BCUT2D eigenvalue weighted by molar-refractivity contribution is 6.37. The number of hydrogen-bond donors (Lipinski definition) is 1. The van der Waals surface area contributed by atoms with Gasteiger partial charge in [0.15, 0.2) is 0 Å². The smallest absolute Gasteiger partial charge is 0.394 e. The fourth-order valence-corrected chi connectivity index (χ4v) is 1.39. The summed E-state index contributed by atoms with van der Waals surface area (Å²) in [6, 6.07) is 7.25. The Labute approximate surface area is 88.1 Å². The van der Waals surface area contributed by atoms with E-state index in [9.17, 15) is 9.59 Å². The topological polar surface area (TPSA) is 57.6 Å². The van der Waals surface area contributed by atoms with Gasteiger partial charge in [0.2, 0.25) is 0 Å². The molecule has 0 radical (unpaired) electrons. The minimum Gasteiger partial charge on any atom is -0.474 e. The first-order valence-corrected chi connectivity index (χ1v) is 4.66. The molecule has 0 unspecified atom stereocenters. The van der Waals surface area contributed by atoms with E-state index in [1.807, 2.05) is 19.1 Å². The van der Waals surface area contributed by atoms with Crippen molar-refractivity contribution in [3.8, 4) is 0 Å². The third-order valence-electron chi connectivity index (χ3n) is 2.22. The van der Waals surface area contributed by atoms with Crippen molar-refractivity contribution in [2.75, 3.05) is 11.9 Å². The van der Waals surface area contributed by atoms with E-state index in [2.05, 4.69) is 0 Å². The molecule has 0 aliphatic rings. The van der Waals surface area contributed by atoms with E-state index in [1.54, 1.807) is 12.1 Å². The molecule has 0 saturated carbocycles. The van der Waals surface area contributed by atoms with E-state index in [0.29, 0.717) is 5.69 Å². The van der Waals surface area contributed by atoms with Crippen molar-refractivity contribution in [1.29, 1.82) is 0 Å². The summed E-state index contributed by atoms with van der Waals surface area (Å²) in [5, 5.41) is 8.59. The molecule has 1 aromatic rings. The summed E-state index contributed by atoms with van der Waals surface area (Å²) in [7, 11) is 1.46. The first-order valence-electron chi connectivity index (χ1n) is 4.66. The fraction of sp³-hybridized carbons (Fsp3) is 0.273. The van der Waals surface area contributed by atoms with Gasteiger partial charge in [-0.05, 0) is 18.1 Å². The second kappa shape index (κ2) is 4.59. The highest BCUT2D eigenvalue weighted by Gasteiger charge is 2.19. The van der Waals surface area contributed by atoms with Crippen molar-refractivity contribution in [2.45, 2.75) is 13.3 Å². The molecule has 80 valence electrons. The van der Waals surface area contributed by atoms with Gasteiger partial charge in [-0.1, -0.05) is 25.1 Å². The number of carbonyl (C=O) groups excluding carboxylic acids is 1. The van der Waals surface area contributed by atoms with Crippen LogP contribution in [0.5, 0.6) is 0 Å². The molecular formula is C11H13NO3. The van der Waals surface area contributed by atoms with Crippen LogP contribution >= 0.6 is 0 Å². The number of nitrogens with zero attached hydrogens (tertiary/aromatic N) is 1. The van der Waals surface area contributed by atoms with Gasteiger partial charge in [0.1, 0.15) is 0 Å². The number of aryl methyl sites for hydroxylation is 1. The molecule has 4 heteroatoms. The molecule has 0 spiro atoms. The summed E-state index contributed by atoms with van der Waals surface area (Å²) in [6.45, 7) is 1.96. The minimum absolute atomic E-state index is 0.646. The van der Waals surface area contributed by atoms with Gasteiger partial charge in [0.05, 0.1) is 0 Å². The van der Waals surface area contributed by atoms with Crippen molar-refractivity contribution >= 4 is 17.6 Å². The number of carboxylic acids is 1. The van der Waals surface area contributed by atoms with Crippen LogP contribution in [0.15, 0.2) is 24.3 Å². The maximum atomic E-state index is 11.2. The second-order valence-corrected chi connectivity index (χ2v) is 3.15. The quantitative estimate of drug-likeness (QED) is 0.743. The van der Waals surface area contributed by atoms with Gasteiger partial charge in [0.25, 0.3) is 0 Å². The predicted octanol–water partition coefficient (Wildman–Crippen LogP) is 1.30. The number of carbonyl (C=O) groups is 2. The molecule has 15 heavy (non-hydrogen) atoms. The molecule has 4 nitrogen and oxygen atoms in total. The van der Waals surface area contributed by atoms with Crippen LogP contribution in [0.2, 0.25) is 0 Å². The number of carboxylic acid groups (broad SMARTS) is 1. The van der Waals surface area contributed by atoms with Crippen LogP contribution in [-0.4, -0.2) is 24.0 Å². The SMILES string of the molecule is CCc1ccccc1N(C)C(=O)C(=O)O. The molecule has 0 aliphatic carbocycles. The highest BCUT2D eigenvalue weighted by Crippen LogP contribution is 2.19. The molecule has 0 atom stereocenters. The van der Waals surface area contributed by atoms with Gasteiger partial charge in [-0.15, -0.1) is 0 Å². The van der Waals surface area contributed by atoms with Gasteiger partial charge in [-0.3, -0.25) is 4.79 Å². The number of aliphatic carboxylic acids is 1. The average molecular weight is 207 g/mol. The van der Waals surface area contributed by atoms with E-state index in [-0.39, 0.29) is 0 Å². The molecule has 0 fully saturated rings. The molecule has 0 aliphatic heterocycles. The number of benzene rings is 1. The molecule has 0 heterocycles. The van der Waals surface area contributed by atoms with Crippen LogP contribution in [-0.2, 0) is 16.0 Å². The Morgan fingerprint density at radius 2 is 1.93 bits per heavy atom. The Balaban J connectivity index is 3.05. The van der Waals surface area contributed by atoms with Gasteiger partial charge in [-0.2, -0.15) is 0 Å². The van der Waals surface area contributed by atoms with Crippen LogP contribution in [0.4, 0.5) is 5.69 Å². The number of anilines is 1. The van der Waals surface area contributed by atoms with Crippen molar-refractivity contribution in [3.05, 3.63) is 29.8 Å². The van der Waals surface area contributed by atoms with Crippen LogP contribution in [0.1, 0.15) is 12.5 Å². The first kappa shape index (κ1) is 11.2. The monoisotopic (exact) mass is 207 g/mol. The van der Waals surface area contributed by atoms with Crippen molar-refractivity contribution < 1.29 is 14.7 Å². The summed E-state index contributed by atoms with van der Waals surface area (Å²) < 4.78 is 0. The lowest BCUT2D eigenvalue weighted by atomic mass is 10.1. The Bertz CT molecular complexity index is 387. The molecular weight excluding hydrogens is 194 g/mol. The van der Waals surface area contributed by atoms with Crippen LogP contribution in [0, 0.1) is 0 Å². The standard InChI is InChI=1S/C11H13NO3/c1-3-8-6-4-5-7-9(8)12(2)10(13)11(14)15/h4-7H,3H2,1-2H3,(H,14,15). The van der Waals surface area contributed by atoms with E-state index < -0.39 is 11.9 Å². The van der Waals surface area contributed by atoms with Crippen molar-refractivity contribution in [1.82, 2.24) is 0 Å². The average Bonchev–Trinajstić information content (AvgIpc) is 2.26. The summed E-state index contributed by atoms with van der Waals surface area (Å²) >= 11 is 0. The Hall–Kier alpha value is -1.84. The van der Waals surface area contributed by atoms with Gasteiger partial charge < -0.3 is 10.0 Å². The maximum absolute atomic E-state index is 11.2. The normalized spacial score (nSPS) is 9.73. The van der Waals surface area contributed by atoms with E-state index >= 15 is 0 Å². The van der Waals surface area contributed by atoms with Gasteiger partial charge in [0, 0.05) is 12.7 Å². The molecule has 1 amide bonds. The lowest BCUT2D eigenvalue weighted by molar-refractivity contribution is -0.148. The Morgan fingerprint density at radius 3 is 2.47 bits per heavy atom. The van der Waals surface area contributed by atoms with Crippen LogP contribution in [0.3, 0.4) is 0 Å². The second-order valence-electron chi connectivity index (χ2n) is 3.15. The van der Waals surface area contributed by atoms with Crippen LogP contribution < -0.4 is 4.90 Å². The van der Waals surface area contributed by atoms with Crippen molar-refractivity contribution in [3.63, 3.8) is 0 Å². The largest absolute Gasteiger partial charge is 0.474 e. The zero-order valence-electron chi connectivity index (χ0n) is 8.73. The van der Waals surface area contributed by atoms with Gasteiger partial charge >= 0.3 is 11.9 Å². The molecule has 0 bridgehead atoms. The summed E-state index contributed by atoms with van der Waals surface area (Å²) in [5.74, 6) is -2.36. The van der Waals surface area contributed by atoms with E-state index in [4.69, 9.17) is 5.11 Å². The summed E-state index contributed by atoms with van der Waals surface area (Å²) in [5.41, 5.74) is 1.60. The summed E-state index contributed by atoms with van der Waals surface area (Å²) in [6.07, 6.45) is 0.757. The van der Waals surface area contributed by atoms with Gasteiger partial charge in [-0.25, -0.2) is 4.79 Å². The lowest BCUT2D eigenvalue weighted by Gasteiger charge is -2.17. The van der Waals surface area contributed by atoms with Crippen molar-refractivity contribution in [2.24, 2.45) is 0 Å². The molecule has 1 N–H and O–H groups in total. The number of para-hydroxylation sites is 1. The Kier molecular flexibility index (Phi) is 3.44. The Morgan fingerprint density at radius 1 is 1.33 bits per heavy atom. The maximum Gasteiger partial charge on any atom is 0.394 e. The zero-order valence-corrected chi connectivity index (χ0v) is 8.73. The molecule has 1 aromatic carbocycles. The van der Waals surface area contributed by atoms with E-state index in [1.165, 1.54) is 7.05 Å². The lowest BCUT2D eigenvalue weighted by Crippen LogP contribution is -2.33. The molecule has 0 saturated heterocycles. The third kappa shape index (κ3) is 2.34. The number of hydrogen-bond acceptors (Lipinski definition) is 2. The fourth-order valence-electron chi connectivity index (χ4n) is 1.39. The zero-order chi connectivity index (χ0) is 11.4. The highest BCUT2D eigenvalue weighted by atomic mass is 16.4. The molecule has 0 aromatic heterocycles. The van der Waals surface area contributed by atoms with E-state index in [0.717, 1.165) is 16.9 Å².